The summed E-state index contributed by atoms with van der Waals surface area (Å²) in [5.74, 6) is 1.05. The van der Waals surface area contributed by atoms with E-state index in [0.29, 0.717) is 0 Å². The molecule has 0 aromatic heterocycles. The van der Waals surface area contributed by atoms with Crippen molar-refractivity contribution in [3.05, 3.63) is 51.4 Å². The van der Waals surface area contributed by atoms with Gasteiger partial charge in [0, 0.05) is 0 Å². The van der Waals surface area contributed by atoms with Gasteiger partial charge in [-0.3, -0.25) is 0 Å². The second kappa shape index (κ2) is 10.5. The van der Waals surface area contributed by atoms with Crippen molar-refractivity contribution < 1.29 is 50.0 Å². The Morgan fingerprint density at radius 2 is 1.90 bits per heavy atom. The summed E-state index contributed by atoms with van der Waals surface area (Å²) in [5, 5.41) is 0. The van der Waals surface area contributed by atoms with Crippen LogP contribution >= 0.6 is 0 Å². The molecule has 0 saturated carbocycles. The van der Waals surface area contributed by atoms with E-state index in [1.54, 1.807) is 0 Å². The zero-order chi connectivity index (χ0) is 12.8. The largest absolute Gasteiger partial charge is 1.00 e. The maximum atomic E-state index is 5.65. The van der Waals surface area contributed by atoms with E-state index < -0.39 is 0 Å². The molecule has 0 amide bonds. The number of aryl methyl sites for hydroxylation is 1. The van der Waals surface area contributed by atoms with Crippen molar-refractivity contribution in [1.29, 1.82) is 0 Å². The minimum Gasteiger partial charge on any atom is -1.00 e. The van der Waals surface area contributed by atoms with Crippen LogP contribution < -0.4 is 29.6 Å². The van der Waals surface area contributed by atoms with Gasteiger partial charge in [-0.1, -0.05) is 0 Å². The molecule has 0 radical (unpaired) electrons. The first-order chi connectivity index (χ1) is 8.81. The molecule has 1 aromatic rings. The maximum Gasteiger partial charge on any atom is -1.00 e. The average molecular weight is 346 g/mol. The van der Waals surface area contributed by atoms with Gasteiger partial charge in [-0.05, 0) is 0 Å². The molecule has 2 rings (SSSR count). The first kappa shape index (κ1) is 19.8. The minimum atomic E-state index is 0. The number of rotatable bonds is 6. The molecule has 0 fully saturated rings. The van der Waals surface area contributed by atoms with Crippen molar-refractivity contribution >= 4 is 0 Å². The molecule has 0 unspecified atom stereocenters. The van der Waals surface area contributed by atoms with Crippen molar-refractivity contribution in [2.24, 2.45) is 0 Å². The predicted octanol–water partition coefficient (Wildman–Crippen LogP) is -1.82. The van der Waals surface area contributed by atoms with Crippen LogP contribution in [0.4, 0.5) is 0 Å². The van der Waals surface area contributed by atoms with E-state index in [1.165, 1.54) is 27.9 Å². The van der Waals surface area contributed by atoms with Crippen molar-refractivity contribution in [3.8, 4) is 5.75 Å². The summed E-state index contributed by atoms with van der Waals surface area (Å²) in [6, 6.07) is 8.38. The summed E-state index contributed by atoms with van der Waals surface area (Å²) < 4.78 is 7.19. The molecule has 1 aliphatic carbocycles. The molecular formula is C16H19Cl2OTi. The molecule has 1 aromatic carbocycles. The Labute approximate surface area is 146 Å². The third-order valence-electron chi connectivity index (χ3n) is 3.19. The quantitative estimate of drug-likeness (QED) is 0.552. The summed E-state index contributed by atoms with van der Waals surface area (Å²) in [4.78, 5) is 0. The first-order valence-corrected chi connectivity index (χ1v) is 7.40. The Bertz CT molecular complexity index is 469. The smallest absolute Gasteiger partial charge is 1.00 e. The molecule has 1 nitrogen and oxygen atoms in total. The number of hydrogen-bond donors (Lipinski definition) is 0. The normalized spacial score (nSPS) is 12.9. The summed E-state index contributed by atoms with van der Waals surface area (Å²) >= 11 is 2.24. The van der Waals surface area contributed by atoms with E-state index in [-0.39, 0.29) is 24.8 Å². The van der Waals surface area contributed by atoms with E-state index in [4.69, 9.17) is 4.74 Å². The van der Waals surface area contributed by atoms with Crippen LogP contribution in [0.2, 0.25) is 0 Å². The van der Waals surface area contributed by atoms with Crippen LogP contribution in [0, 0.1) is 0 Å². The molecule has 4 heteroatoms. The summed E-state index contributed by atoms with van der Waals surface area (Å²) in [6.07, 6.45) is 9.16. The zero-order valence-corrected chi connectivity index (χ0v) is 14.7. The van der Waals surface area contributed by atoms with Gasteiger partial charge in [0.15, 0.2) is 0 Å². The van der Waals surface area contributed by atoms with Crippen LogP contribution in [0.5, 0.6) is 5.75 Å². The third kappa shape index (κ3) is 5.65. The monoisotopic (exact) mass is 345 g/mol. The Kier molecular flexibility index (Phi) is 10.4. The second-order valence-electron chi connectivity index (χ2n) is 4.50. The van der Waals surface area contributed by atoms with E-state index in [9.17, 15) is 0 Å². The van der Waals surface area contributed by atoms with Crippen LogP contribution in [-0.4, -0.2) is 6.61 Å². The fourth-order valence-corrected chi connectivity index (χ4v) is 2.77. The number of allylic oxidation sites excluding steroid dienone is 4. The Morgan fingerprint density at radius 3 is 2.55 bits per heavy atom. The molecule has 0 atom stereocenters. The predicted molar refractivity (Wildman–Crippen MR) is 71.3 cm³/mol. The standard InChI is InChI=1S/C16H19O.2ClH.Ti/c1-2-17-16-13-6-5-11-15(16)12-7-10-14-8-3-4-9-14;;;/h3,5-6,8,11,13H,2,4,7,10,12H2,1H3;2*1H;/q;;;+2/p-2. The minimum absolute atomic E-state index is 0. The van der Waals surface area contributed by atoms with Gasteiger partial charge >= 0.3 is 122 Å². The van der Waals surface area contributed by atoms with Gasteiger partial charge in [-0.25, -0.2) is 0 Å². The summed E-state index contributed by atoms with van der Waals surface area (Å²) in [7, 11) is 0. The second-order valence-corrected chi connectivity index (χ2v) is 5.45. The van der Waals surface area contributed by atoms with Crippen molar-refractivity contribution in [2.75, 3.05) is 6.61 Å². The first-order valence-electron chi connectivity index (χ1n) is 6.62. The van der Waals surface area contributed by atoms with Gasteiger partial charge in [0.2, 0.25) is 0 Å². The third-order valence-corrected chi connectivity index (χ3v) is 4.01. The van der Waals surface area contributed by atoms with Crippen LogP contribution in [0.3, 0.4) is 0 Å². The molecule has 0 heterocycles. The molecule has 0 saturated heterocycles. The molecule has 1 aliphatic rings. The van der Waals surface area contributed by atoms with Crippen molar-refractivity contribution in [2.45, 2.75) is 32.6 Å². The fourth-order valence-electron chi connectivity index (χ4n) is 2.26. The van der Waals surface area contributed by atoms with Gasteiger partial charge in [0.05, 0.1) is 0 Å². The molecule has 0 N–H and O–H groups in total. The van der Waals surface area contributed by atoms with Crippen molar-refractivity contribution in [1.82, 2.24) is 0 Å². The van der Waals surface area contributed by atoms with E-state index in [2.05, 4.69) is 50.8 Å². The fraction of sp³-hybridized carbons (Fsp3) is 0.375. The van der Waals surface area contributed by atoms with Gasteiger partial charge in [0.25, 0.3) is 0 Å². The van der Waals surface area contributed by atoms with Crippen LogP contribution in [-0.2, 0) is 26.9 Å². The SMILES string of the molecule is CCOc1ccccc1CCCC1=[C]([Ti+2])CC=C1.[Cl-].[Cl-]. The Morgan fingerprint density at radius 1 is 1.15 bits per heavy atom. The number of para-hydroxylation sites is 1. The van der Waals surface area contributed by atoms with Crippen molar-refractivity contribution in [3.63, 3.8) is 0 Å². The molecule has 0 aliphatic heterocycles. The summed E-state index contributed by atoms with van der Waals surface area (Å²) in [5.41, 5.74) is 2.86. The molecular weight excluding hydrogens is 327 g/mol. The number of hydrogen-bond acceptors (Lipinski definition) is 1. The van der Waals surface area contributed by atoms with Gasteiger partial charge < -0.3 is 24.8 Å². The molecule has 0 spiro atoms. The Hall–Kier alpha value is -0.206. The number of ether oxygens (including phenoxy) is 1. The zero-order valence-electron chi connectivity index (χ0n) is 11.7. The molecule has 0 bridgehead atoms. The van der Waals surface area contributed by atoms with Crippen LogP contribution in [0.25, 0.3) is 0 Å². The van der Waals surface area contributed by atoms with Crippen LogP contribution in [0.15, 0.2) is 45.9 Å². The van der Waals surface area contributed by atoms with Gasteiger partial charge in [-0.15, -0.1) is 0 Å². The maximum absolute atomic E-state index is 5.65. The van der Waals surface area contributed by atoms with E-state index in [1.807, 2.05) is 13.0 Å². The topological polar surface area (TPSA) is 9.23 Å². The van der Waals surface area contributed by atoms with Crippen LogP contribution in [0.1, 0.15) is 31.7 Å². The van der Waals surface area contributed by atoms with Gasteiger partial charge in [0.1, 0.15) is 0 Å². The Balaban J connectivity index is 0.00000180. The number of benzene rings is 1. The average Bonchev–Trinajstić information content (AvgIpc) is 2.78. The molecule has 20 heavy (non-hydrogen) atoms. The number of halogens is 2. The molecule has 107 valence electrons. The van der Waals surface area contributed by atoms with E-state index >= 15 is 0 Å². The van der Waals surface area contributed by atoms with E-state index in [0.717, 1.165) is 25.2 Å². The van der Waals surface area contributed by atoms with Gasteiger partial charge in [-0.2, -0.15) is 0 Å². The summed E-state index contributed by atoms with van der Waals surface area (Å²) in [6.45, 7) is 2.78.